The summed E-state index contributed by atoms with van der Waals surface area (Å²) in [7, 11) is 3.03. The first-order valence-corrected chi connectivity index (χ1v) is 8.74. The summed E-state index contributed by atoms with van der Waals surface area (Å²) in [6.45, 7) is 4.38. The highest BCUT2D eigenvalue weighted by Gasteiger charge is 2.36. The van der Waals surface area contributed by atoms with Crippen LogP contribution in [0.4, 0.5) is 0 Å². The molecule has 1 heterocycles. The van der Waals surface area contributed by atoms with Crippen LogP contribution < -0.4 is 5.32 Å². The summed E-state index contributed by atoms with van der Waals surface area (Å²) in [5, 5.41) is 3.83. The molecular formula is C17H21BrN2O3S. The van der Waals surface area contributed by atoms with Crippen LogP contribution in [0.5, 0.6) is 0 Å². The molecule has 0 spiro atoms. The second-order valence-electron chi connectivity index (χ2n) is 5.60. The monoisotopic (exact) mass is 412 g/mol. The van der Waals surface area contributed by atoms with E-state index in [1.165, 1.54) is 7.11 Å². The smallest absolute Gasteiger partial charge is 0.337 e. The average molecular weight is 413 g/mol. The molecule has 0 unspecified atom stereocenters. The van der Waals surface area contributed by atoms with Crippen molar-refractivity contribution in [3.05, 3.63) is 45.6 Å². The molecule has 24 heavy (non-hydrogen) atoms. The second kappa shape index (κ2) is 8.09. The summed E-state index contributed by atoms with van der Waals surface area (Å²) in [4.78, 5) is 14.3. The van der Waals surface area contributed by atoms with Crippen LogP contribution >= 0.6 is 28.1 Å². The topological polar surface area (TPSA) is 50.8 Å². The molecule has 0 aliphatic carbocycles. The number of carbonyl (C=O) groups excluding carboxylic acids is 1. The van der Waals surface area contributed by atoms with Crippen LogP contribution in [0.1, 0.15) is 25.5 Å². The number of rotatable bonds is 5. The summed E-state index contributed by atoms with van der Waals surface area (Å²) in [5.41, 5.74) is 2.28. The first-order chi connectivity index (χ1) is 11.4. The van der Waals surface area contributed by atoms with Gasteiger partial charge in [0.15, 0.2) is 5.11 Å². The summed E-state index contributed by atoms with van der Waals surface area (Å²) >= 11 is 8.96. The quantitative estimate of drug-likeness (QED) is 0.591. The third-order valence-corrected chi connectivity index (χ3v) is 4.83. The molecule has 7 heteroatoms. The van der Waals surface area contributed by atoms with Crippen molar-refractivity contribution < 1.29 is 14.3 Å². The van der Waals surface area contributed by atoms with E-state index in [2.05, 4.69) is 21.2 Å². The predicted molar refractivity (Wildman–Crippen MR) is 101 cm³/mol. The van der Waals surface area contributed by atoms with Gasteiger partial charge in [0.1, 0.15) is 0 Å². The van der Waals surface area contributed by atoms with Gasteiger partial charge in [0.25, 0.3) is 0 Å². The Hall–Kier alpha value is -1.44. The lowest BCUT2D eigenvalue weighted by Gasteiger charge is -2.40. The van der Waals surface area contributed by atoms with Gasteiger partial charge in [0.05, 0.1) is 31.4 Å². The summed E-state index contributed by atoms with van der Waals surface area (Å²) < 4.78 is 11.2. The Morgan fingerprint density at radius 2 is 2.00 bits per heavy atom. The van der Waals surface area contributed by atoms with Gasteiger partial charge >= 0.3 is 5.97 Å². The van der Waals surface area contributed by atoms with E-state index in [0.29, 0.717) is 17.3 Å². The van der Waals surface area contributed by atoms with Crippen LogP contribution in [0.15, 0.2) is 40.0 Å². The van der Waals surface area contributed by atoms with Crippen molar-refractivity contribution in [1.82, 2.24) is 10.2 Å². The number of thiocarbonyl (C=S) groups is 1. The molecule has 1 aromatic rings. The van der Waals surface area contributed by atoms with Crippen molar-refractivity contribution in [3.63, 3.8) is 0 Å². The second-order valence-corrected chi connectivity index (χ2v) is 6.90. The Morgan fingerprint density at radius 3 is 2.54 bits per heavy atom. The number of esters is 1. The number of hydrogen-bond donors (Lipinski definition) is 1. The van der Waals surface area contributed by atoms with Crippen molar-refractivity contribution >= 4 is 39.2 Å². The van der Waals surface area contributed by atoms with Crippen LogP contribution in [-0.2, 0) is 14.3 Å². The van der Waals surface area contributed by atoms with Gasteiger partial charge in [-0.3, -0.25) is 0 Å². The average Bonchev–Trinajstić information content (AvgIpc) is 2.54. The number of hydrogen-bond acceptors (Lipinski definition) is 4. The zero-order valence-corrected chi connectivity index (χ0v) is 16.5. The SMILES string of the molecule is COC[C@@H](C)N1C(=S)N[C@@H](c2ccc(Br)cc2)C(C(=O)OC)=C1C. The molecule has 1 N–H and O–H groups in total. The first kappa shape index (κ1) is 18.9. The normalized spacial score (nSPS) is 19.1. The summed E-state index contributed by atoms with van der Waals surface area (Å²) in [5.74, 6) is -0.370. The Kier molecular flexibility index (Phi) is 6.37. The molecule has 1 aliphatic rings. The van der Waals surface area contributed by atoms with Crippen molar-refractivity contribution in [1.29, 1.82) is 0 Å². The van der Waals surface area contributed by atoms with E-state index < -0.39 is 0 Å². The highest BCUT2D eigenvalue weighted by Crippen LogP contribution is 2.32. The van der Waals surface area contributed by atoms with Crippen LogP contribution in [0, 0.1) is 0 Å². The molecule has 2 atom stereocenters. The number of nitrogens with zero attached hydrogens (tertiary/aromatic N) is 1. The molecule has 0 amide bonds. The zero-order chi connectivity index (χ0) is 17.9. The largest absolute Gasteiger partial charge is 0.466 e. The molecule has 0 bridgehead atoms. The fourth-order valence-corrected chi connectivity index (χ4v) is 3.58. The number of methoxy groups -OCH3 is 2. The van der Waals surface area contributed by atoms with Gasteiger partial charge in [0.2, 0.25) is 0 Å². The first-order valence-electron chi connectivity index (χ1n) is 7.53. The Morgan fingerprint density at radius 1 is 1.38 bits per heavy atom. The van der Waals surface area contributed by atoms with E-state index >= 15 is 0 Å². The maximum atomic E-state index is 12.4. The van der Waals surface area contributed by atoms with Gasteiger partial charge in [-0.25, -0.2) is 4.79 Å². The highest BCUT2D eigenvalue weighted by atomic mass is 79.9. The molecule has 0 radical (unpaired) electrons. The molecule has 130 valence electrons. The van der Waals surface area contributed by atoms with Gasteiger partial charge in [-0.15, -0.1) is 0 Å². The van der Waals surface area contributed by atoms with E-state index in [4.69, 9.17) is 21.7 Å². The number of nitrogens with one attached hydrogen (secondary N) is 1. The van der Waals surface area contributed by atoms with Crippen molar-refractivity contribution in [2.45, 2.75) is 25.9 Å². The van der Waals surface area contributed by atoms with Crippen molar-refractivity contribution in [2.75, 3.05) is 20.8 Å². The molecule has 0 fully saturated rings. The summed E-state index contributed by atoms with van der Waals surface area (Å²) in [6.07, 6.45) is 0. The van der Waals surface area contributed by atoms with Crippen molar-refractivity contribution in [3.8, 4) is 0 Å². The molecule has 1 aliphatic heterocycles. The van der Waals surface area contributed by atoms with Crippen LogP contribution in [-0.4, -0.2) is 42.8 Å². The van der Waals surface area contributed by atoms with Crippen LogP contribution in [0.3, 0.4) is 0 Å². The molecule has 0 saturated heterocycles. The van der Waals surface area contributed by atoms with E-state index in [-0.39, 0.29) is 18.1 Å². The van der Waals surface area contributed by atoms with Gasteiger partial charge in [-0.1, -0.05) is 28.1 Å². The predicted octanol–water partition coefficient (Wildman–Crippen LogP) is 3.16. The number of allylic oxidation sites excluding steroid dienone is 1. The van der Waals surface area contributed by atoms with Gasteiger partial charge in [-0.2, -0.15) is 0 Å². The van der Waals surface area contributed by atoms with Gasteiger partial charge in [0, 0.05) is 17.3 Å². The van der Waals surface area contributed by atoms with Crippen LogP contribution in [0.2, 0.25) is 0 Å². The van der Waals surface area contributed by atoms with Gasteiger partial charge < -0.3 is 19.7 Å². The molecule has 0 saturated carbocycles. The van der Waals surface area contributed by atoms with E-state index in [0.717, 1.165) is 15.7 Å². The maximum absolute atomic E-state index is 12.4. The number of carbonyl (C=O) groups is 1. The zero-order valence-electron chi connectivity index (χ0n) is 14.1. The molecule has 0 aromatic heterocycles. The fourth-order valence-electron chi connectivity index (χ4n) is 2.88. The third-order valence-electron chi connectivity index (χ3n) is 3.98. The number of benzene rings is 1. The molecule has 1 aromatic carbocycles. The van der Waals surface area contributed by atoms with Gasteiger partial charge in [-0.05, 0) is 43.8 Å². The highest BCUT2D eigenvalue weighted by molar-refractivity contribution is 9.10. The molecule has 5 nitrogen and oxygen atoms in total. The lowest BCUT2D eigenvalue weighted by molar-refractivity contribution is -0.136. The van der Waals surface area contributed by atoms with E-state index in [9.17, 15) is 4.79 Å². The number of halogens is 1. The standard InChI is InChI=1S/C17H21BrN2O3S/c1-10(9-22-3)20-11(2)14(16(21)23-4)15(19-17(20)24)12-5-7-13(18)8-6-12/h5-8,10,15H,9H2,1-4H3,(H,19,24)/t10-,15+/m1/s1. The molecular weight excluding hydrogens is 392 g/mol. The summed E-state index contributed by atoms with van der Waals surface area (Å²) in [6, 6.07) is 7.43. The lowest BCUT2D eigenvalue weighted by atomic mass is 9.94. The third kappa shape index (κ3) is 3.79. The molecule has 2 rings (SSSR count). The maximum Gasteiger partial charge on any atom is 0.337 e. The lowest BCUT2D eigenvalue weighted by Crippen LogP contribution is -2.52. The van der Waals surface area contributed by atoms with Crippen molar-refractivity contribution in [2.24, 2.45) is 0 Å². The van der Waals surface area contributed by atoms with E-state index in [1.807, 2.05) is 43.0 Å². The fraction of sp³-hybridized carbons (Fsp3) is 0.412. The Labute approximate surface area is 156 Å². The Bertz CT molecular complexity index is 660. The Balaban J connectivity index is 2.51. The van der Waals surface area contributed by atoms with E-state index in [1.54, 1.807) is 7.11 Å². The van der Waals surface area contributed by atoms with Crippen LogP contribution in [0.25, 0.3) is 0 Å². The minimum atomic E-state index is -0.370. The minimum absolute atomic E-state index is 0.000485. The minimum Gasteiger partial charge on any atom is -0.466 e. The number of ether oxygens (including phenoxy) is 2.